The summed E-state index contributed by atoms with van der Waals surface area (Å²) in [5.74, 6) is 0. The van der Waals surface area contributed by atoms with Gasteiger partial charge in [-0.05, 0) is 12.1 Å². The van der Waals surface area contributed by atoms with Crippen LogP contribution in [0.5, 0.6) is 0 Å². The van der Waals surface area contributed by atoms with Gasteiger partial charge in [0.1, 0.15) is 6.54 Å². The number of hydrogen-bond acceptors (Lipinski definition) is 0. The number of aromatic nitrogens is 1. The van der Waals surface area contributed by atoms with Gasteiger partial charge in [-0.15, -0.1) is 0 Å². The predicted octanol–water partition coefficient (Wildman–Crippen LogP) is 2.38. The molecule has 80 valence electrons. The molecule has 0 radical (unpaired) electrons. The predicted molar refractivity (Wildman–Crippen MR) is 64.7 cm³/mol. The highest BCUT2D eigenvalue weighted by Gasteiger charge is 2.13. The number of hydrogen-bond donors (Lipinski definition) is 0. The molecule has 0 bridgehead atoms. The fourth-order valence-electron chi connectivity index (χ4n) is 1.98. The van der Waals surface area contributed by atoms with Crippen molar-refractivity contribution in [2.75, 3.05) is 21.1 Å². The average molecular weight is 203 g/mol. The summed E-state index contributed by atoms with van der Waals surface area (Å²) in [5.41, 5.74) is 2.71. The van der Waals surface area contributed by atoms with E-state index in [1.54, 1.807) is 0 Å². The minimum absolute atomic E-state index is 0.962. The Morgan fingerprint density at radius 3 is 2.40 bits per heavy atom. The standard InChI is InChI=1S/C13H19N2/c1-14-12(10-15(2,3)4)9-11-7-5-6-8-13(11)14/h5-9H,10H2,1-4H3/q+1. The highest BCUT2D eigenvalue weighted by atomic mass is 15.3. The summed E-state index contributed by atoms with van der Waals surface area (Å²) in [5, 5.41) is 1.34. The van der Waals surface area contributed by atoms with Crippen molar-refractivity contribution in [1.82, 2.24) is 4.57 Å². The smallest absolute Gasteiger partial charge is 0.119 e. The van der Waals surface area contributed by atoms with Crippen molar-refractivity contribution >= 4 is 10.9 Å². The van der Waals surface area contributed by atoms with Gasteiger partial charge in [0.25, 0.3) is 0 Å². The van der Waals surface area contributed by atoms with E-state index in [0.717, 1.165) is 11.0 Å². The molecule has 1 heterocycles. The second kappa shape index (κ2) is 3.38. The van der Waals surface area contributed by atoms with Crippen LogP contribution in [0.3, 0.4) is 0 Å². The molecule has 0 aliphatic rings. The molecule has 0 saturated heterocycles. The third kappa shape index (κ3) is 2.05. The van der Waals surface area contributed by atoms with Crippen LogP contribution >= 0.6 is 0 Å². The van der Waals surface area contributed by atoms with Crippen LogP contribution < -0.4 is 0 Å². The zero-order chi connectivity index (χ0) is 11.1. The first-order chi connectivity index (χ1) is 6.97. The molecule has 1 aromatic carbocycles. The molecule has 2 nitrogen and oxygen atoms in total. The highest BCUT2D eigenvalue weighted by molar-refractivity contribution is 5.81. The SMILES string of the molecule is Cn1c(C[N+](C)(C)C)cc2ccccc21. The second-order valence-corrected chi connectivity index (χ2v) is 5.20. The number of nitrogens with zero attached hydrogens (tertiary/aromatic N) is 2. The summed E-state index contributed by atoms with van der Waals surface area (Å²) < 4.78 is 3.25. The van der Waals surface area contributed by atoms with Gasteiger partial charge in [-0.25, -0.2) is 0 Å². The molecule has 15 heavy (non-hydrogen) atoms. The lowest BCUT2D eigenvalue weighted by atomic mass is 10.2. The van der Waals surface area contributed by atoms with Crippen LogP contribution in [0.4, 0.5) is 0 Å². The molecule has 0 amide bonds. The molecule has 0 atom stereocenters. The molecule has 0 spiro atoms. The molecule has 0 fully saturated rings. The van der Waals surface area contributed by atoms with Gasteiger partial charge in [-0.3, -0.25) is 0 Å². The Labute approximate surface area is 91.3 Å². The van der Waals surface area contributed by atoms with Crippen molar-refractivity contribution in [2.24, 2.45) is 7.05 Å². The van der Waals surface area contributed by atoms with Crippen molar-refractivity contribution in [1.29, 1.82) is 0 Å². The number of quaternary nitrogens is 1. The Hall–Kier alpha value is -1.28. The third-order valence-corrected chi connectivity index (χ3v) is 2.69. The summed E-state index contributed by atoms with van der Waals surface area (Å²) in [6.45, 7) is 1.06. The summed E-state index contributed by atoms with van der Waals surface area (Å²) in [6.07, 6.45) is 0. The fraction of sp³-hybridized carbons (Fsp3) is 0.385. The van der Waals surface area contributed by atoms with E-state index in [0.29, 0.717) is 0 Å². The Kier molecular flexibility index (Phi) is 2.31. The second-order valence-electron chi connectivity index (χ2n) is 5.20. The maximum Gasteiger partial charge on any atom is 0.119 e. The molecule has 0 aliphatic heterocycles. The summed E-state index contributed by atoms with van der Waals surface area (Å²) >= 11 is 0. The molecule has 0 aliphatic carbocycles. The number of fused-ring (bicyclic) bond motifs is 1. The van der Waals surface area contributed by atoms with Gasteiger partial charge < -0.3 is 9.05 Å². The van der Waals surface area contributed by atoms with Crippen LogP contribution in [0.2, 0.25) is 0 Å². The van der Waals surface area contributed by atoms with Crippen molar-refractivity contribution < 1.29 is 4.48 Å². The molecule has 2 aromatic rings. The molecular formula is C13H19N2+. The Bertz CT molecular complexity index is 475. The van der Waals surface area contributed by atoms with Crippen LogP contribution in [-0.2, 0) is 13.6 Å². The summed E-state index contributed by atoms with van der Waals surface area (Å²) in [7, 11) is 8.81. The lowest BCUT2D eigenvalue weighted by Crippen LogP contribution is -2.34. The van der Waals surface area contributed by atoms with E-state index in [2.05, 4.69) is 63.1 Å². The van der Waals surface area contributed by atoms with Crippen LogP contribution in [0.25, 0.3) is 10.9 Å². The minimum Gasteiger partial charge on any atom is -0.343 e. The van der Waals surface area contributed by atoms with Gasteiger partial charge in [-0.1, -0.05) is 18.2 Å². The van der Waals surface area contributed by atoms with Crippen LogP contribution in [0.1, 0.15) is 5.69 Å². The Morgan fingerprint density at radius 1 is 1.13 bits per heavy atom. The van der Waals surface area contributed by atoms with Gasteiger partial charge in [0.2, 0.25) is 0 Å². The highest BCUT2D eigenvalue weighted by Crippen LogP contribution is 2.19. The molecule has 2 rings (SSSR count). The van der Waals surface area contributed by atoms with Gasteiger partial charge in [0, 0.05) is 18.0 Å². The maximum atomic E-state index is 2.29. The van der Waals surface area contributed by atoms with Crippen molar-refractivity contribution in [3.05, 3.63) is 36.0 Å². The molecule has 0 unspecified atom stereocenters. The Balaban J connectivity index is 2.49. The molecule has 2 heteroatoms. The van der Waals surface area contributed by atoms with E-state index in [4.69, 9.17) is 0 Å². The summed E-state index contributed by atoms with van der Waals surface area (Å²) in [4.78, 5) is 0. The Morgan fingerprint density at radius 2 is 1.80 bits per heavy atom. The number of rotatable bonds is 2. The normalized spacial score (nSPS) is 12.3. The minimum atomic E-state index is 0.962. The van der Waals surface area contributed by atoms with E-state index in [1.165, 1.54) is 16.6 Å². The van der Waals surface area contributed by atoms with E-state index < -0.39 is 0 Å². The molecule has 1 aromatic heterocycles. The molecular weight excluding hydrogens is 184 g/mol. The first kappa shape index (κ1) is 10.2. The zero-order valence-electron chi connectivity index (χ0n) is 9.99. The molecule has 0 saturated carbocycles. The van der Waals surface area contributed by atoms with Crippen molar-refractivity contribution in [3.63, 3.8) is 0 Å². The number of para-hydroxylation sites is 1. The van der Waals surface area contributed by atoms with Gasteiger partial charge in [0.15, 0.2) is 0 Å². The van der Waals surface area contributed by atoms with Gasteiger partial charge >= 0.3 is 0 Å². The largest absolute Gasteiger partial charge is 0.343 e. The lowest BCUT2D eigenvalue weighted by Gasteiger charge is -2.24. The van der Waals surface area contributed by atoms with Crippen LogP contribution in [-0.4, -0.2) is 30.2 Å². The monoisotopic (exact) mass is 203 g/mol. The van der Waals surface area contributed by atoms with Gasteiger partial charge in [-0.2, -0.15) is 0 Å². The average Bonchev–Trinajstić information content (AvgIpc) is 2.42. The van der Waals surface area contributed by atoms with Gasteiger partial charge in [0.05, 0.1) is 26.8 Å². The first-order valence-corrected chi connectivity index (χ1v) is 5.31. The third-order valence-electron chi connectivity index (χ3n) is 2.69. The first-order valence-electron chi connectivity index (χ1n) is 5.31. The fourth-order valence-corrected chi connectivity index (χ4v) is 1.98. The topological polar surface area (TPSA) is 4.93 Å². The van der Waals surface area contributed by atoms with E-state index in [9.17, 15) is 0 Å². The van der Waals surface area contributed by atoms with Crippen molar-refractivity contribution in [3.8, 4) is 0 Å². The van der Waals surface area contributed by atoms with Crippen LogP contribution in [0, 0.1) is 0 Å². The number of aryl methyl sites for hydroxylation is 1. The quantitative estimate of drug-likeness (QED) is 0.660. The zero-order valence-corrected chi connectivity index (χ0v) is 9.99. The van der Waals surface area contributed by atoms with E-state index in [1.807, 2.05) is 0 Å². The number of benzene rings is 1. The molecule has 0 N–H and O–H groups in total. The maximum absolute atomic E-state index is 2.29. The van der Waals surface area contributed by atoms with Crippen molar-refractivity contribution in [2.45, 2.75) is 6.54 Å². The lowest BCUT2D eigenvalue weighted by molar-refractivity contribution is -0.884. The summed E-state index contributed by atoms with van der Waals surface area (Å²) in [6, 6.07) is 10.8. The van der Waals surface area contributed by atoms with E-state index in [-0.39, 0.29) is 0 Å². The van der Waals surface area contributed by atoms with E-state index >= 15 is 0 Å². The van der Waals surface area contributed by atoms with Crippen LogP contribution in [0.15, 0.2) is 30.3 Å².